The number of benzene rings is 1. The third-order valence-electron chi connectivity index (χ3n) is 3.09. The van der Waals surface area contributed by atoms with Gasteiger partial charge in [0, 0.05) is 18.8 Å². The van der Waals surface area contributed by atoms with Crippen LogP contribution in [0.25, 0.3) is 0 Å². The van der Waals surface area contributed by atoms with Gasteiger partial charge in [-0.1, -0.05) is 19.1 Å². The molecule has 1 rings (SSSR count). The van der Waals surface area contributed by atoms with Gasteiger partial charge in [0.1, 0.15) is 0 Å². The molecule has 0 bridgehead atoms. The molecule has 0 aliphatic rings. The maximum atomic E-state index is 12.4. The zero-order chi connectivity index (χ0) is 14.4. The Morgan fingerprint density at radius 2 is 1.89 bits per heavy atom. The quantitative estimate of drug-likeness (QED) is 0.870. The Bertz CT molecular complexity index is 462. The summed E-state index contributed by atoms with van der Waals surface area (Å²) < 4.78 is 0. The van der Waals surface area contributed by atoms with Crippen LogP contribution in [-0.2, 0) is 0 Å². The first-order valence-electron chi connectivity index (χ1n) is 6.11. The topological polar surface area (TPSA) is 57.6 Å². The molecule has 1 amide bonds. The molecule has 0 aliphatic heterocycles. The molecule has 1 atom stereocenters. The summed E-state index contributed by atoms with van der Waals surface area (Å²) in [4.78, 5) is 25.2. The van der Waals surface area contributed by atoms with E-state index < -0.39 is 5.97 Å². The number of carboxylic acid groups (broad SMARTS) is 1. The highest BCUT2D eigenvalue weighted by atomic mass is 32.2. The maximum absolute atomic E-state index is 12.4. The van der Waals surface area contributed by atoms with E-state index in [1.165, 1.54) is 6.07 Å². The third-order valence-corrected chi connectivity index (χ3v) is 3.80. The van der Waals surface area contributed by atoms with Crippen molar-refractivity contribution in [2.45, 2.75) is 19.4 Å². The average molecular weight is 281 g/mol. The van der Waals surface area contributed by atoms with Crippen LogP contribution in [0.4, 0.5) is 0 Å². The zero-order valence-corrected chi connectivity index (χ0v) is 12.2. The van der Waals surface area contributed by atoms with Crippen LogP contribution < -0.4 is 0 Å². The molecular formula is C14H19NO3S. The molecule has 1 N–H and O–H groups in total. The van der Waals surface area contributed by atoms with Crippen LogP contribution in [0.1, 0.15) is 34.1 Å². The molecule has 0 saturated carbocycles. The molecule has 5 heteroatoms. The van der Waals surface area contributed by atoms with Crippen LogP contribution in [0.5, 0.6) is 0 Å². The van der Waals surface area contributed by atoms with E-state index in [-0.39, 0.29) is 23.1 Å². The molecule has 104 valence electrons. The SMILES string of the molecule is CCC(CSC)N(C)C(=O)c1ccccc1C(=O)O. The van der Waals surface area contributed by atoms with E-state index in [0.29, 0.717) is 0 Å². The van der Waals surface area contributed by atoms with Gasteiger partial charge in [-0.3, -0.25) is 4.79 Å². The van der Waals surface area contributed by atoms with Crippen molar-refractivity contribution in [1.29, 1.82) is 0 Å². The molecule has 1 unspecified atom stereocenters. The number of amides is 1. The van der Waals surface area contributed by atoms with Gasteiger partial charge in [-0.25, -0.2) is 4.79 Å². The van der Waals surface area contributed by atoms with E-state index in [2.05, 4.69) is 0 Å². The Balaban J connectivity index is 3.02. The fraction of sp³-hybridized carbons (Fsp3) is 0.429. The second-order valence-corrected chi connectivity index (χ2v) is 5.19. The molecule has 1 aromatic carbocycles. The lowest BCUT2D eigenvalue weighted by Crippen LogP contribution is -2.38. The van der Waals surface area contributed by atoms with E-state index in [4.69, 9.17) is 5.11 Å². The Kier molecular flexibility index (Phi) is 5.89. The first kappa shape index (κ1) is 15.6. The fourth-order valence-electron chi connectivity index (χ4n) is 1.91. The number of rotatable bonds is 6. The normalized spacial score (nSPS) is 11.9. The Hall–Kier alpha value is -1.49. The fourth-order valence-corrected chi connectivity index (χ4v) is 2.75. The predicted octanol–water partition coefficient (Wildman–Crippen LogP) is 2.60. The van der Waals surface area contributed by atoms with Gasteiger partial charge in [0.2, 0.25) is 0 Å². The summed E-state index contributed by atoms with van der Waals surface area (Å²) in [6.45, 7) is 2.02. The van der Waals surface area contributed by atoms with Gasteiger partial charge in [0.15, 0.2) is 0 Å². The minimum Gasteiger partial charge on any atom is -0.478 e. The summed E-state index contributed by atoms with van der Waals surface area (Å²) in [6.07, 6.45) is 2.84. The predicted molar refractivity (Wildman–Crippen MR) is 78.0 cm³/mol. The van der Waals surface area contributed by atoms with Crippen LogP contribution in [0, 0.1) is 0 Å². The van der Waals surface area contributed by atoms with Crippen LogP contribution in [0.15, 0.2) is 24.3 Å². The van der Waals surface area contributed by atoms with Crippen molar-refractivity contribution in [1.82, 2.24) is 4.90 Å². The summed E-state index contributed by atoms with van der Waals surface area (Å²) in [7, 11) is 1.73. The molecule has 0 aliphatic carbocycles. The number of aromatic carboxylic acids is 1. The Labute approximate surface area is 117 Å². The van der Waals surface area contributed by atoms with Gasteiger partial charge in [0.25, 0.3) is 5.91 Å². The van der Waals surface area contributed by atoms with Gasteiger partial charge in [-0.15, -0.1) is 0 Å². The number of hydrogen-bond donors (Lipinski definition) is 1. The number of thioether (sulfide) groups is 1. The monoisotopic (exact) mass is 281 g/mol. The average Bonchev–Trinajstić information content (AvgIpc) is 2.43. The smallest absolute Gasteiger partial charge is 0.336 e. The van der Waals surface area contributed by atoms with Crippen molar-refractivity contribution < 1.29 is 14.7 Å². The number of carbonyl (C=O) groups excluding carboxylic acids is 1. The van der Waals surface area contributed by atoms with Gasteiger partial charge in [-0.2, -0.15) is 11.8 Å². The maximum Gasteiger partial charge on any atom is 0.336 e. The molecule has 0 fully saturated rings. The Morgan fingerprint density at radius 3 is 2.37 bits per heavy atom. The molecule has 19 heavy (non-hydrogen) atoms. The molecule has 0 radical (unpaired) electrons. The largest absolute Gasteiger partial charge is 0.478 e. The molecular weight excluding hydrogens is 262 g/mol. The number of carboxylic acids is 1. The number of carbonyl (C=O) groups is 2. The van der Waals surface area contributed by atoms with E-state index in [1.807, 2.05) is 13.2 Å². The highest BCUT2D eigenvalue weighted by Gasteiger charge is 2.23. The van der Waals surface area contributed by atoms with Crippen LogP contribution >= 0.6 is 11.8 Å². The highest BCUT2D eigenvalue weighted by Crippen LogP contribution is 2.15. The summed E-state index contributed by atoms with van der Waals surface area (Å²) in [5.41, 5.74) is 0.301. The number of nitrogens with zero attached hydrogens (tertiary/aromatic N) is 1. The van der Waals surface area contributed by atoms with Crippen molar-refractivity contribution in [3.05, 3.63) is 35.4 Å². The summed E-state index contributed by atoms with van der Waals surface area (Å²) in [5.74, 6) is -0.470. The molecule has 4 nitrogen and oxygen atoms in total. The Morgan fingerprint density at radius 1 is 1.32 bits per heavy atom. The van der Waals surface area contributed by atoms with Gasteiger partial charge in [0.05, 0.1) is 11.1 Å². The van der Waals surface area contributed by atoms with Crippen molar-refractivity contribution in [2.24, 2.45) is 0 Å². The van der Waals surface area contributed by atoms with Crippen molar-refractivity contribution >= 4 is 23.6 Å². The molecule has 1 aromatic rings. The first-order chi connectivity index (χ1) is 9.02. The van der Waals surface area contributed by atoms with Crippen molar-refractivity contribution in [3.8, 4) is 0 Å². The van der Waals surface area contributed by atoms with E-state index in [1.54, 1.807) is 41.9 Å². The number of hydrogen-bond acceptors (Lipinski definition) is 3. The van der Waals surface area contributed by atoms with Crippen LogP contribution in [-0.4, -0.2) is 47.0 Å². The molecule has 0 aromatic heterocycles. The third kappa shape index (κ3) is 3.73. The standard InChI is InChI=1S/C14H19NO3S/c1-4-10(9-19-3)15(2)13(16)11-7-5-6-8-12(11)14(17)18/h5-8,10H,4,9H2,1-3H3,(H,17,18). The summed E-state index contributed by atoms with van der Waals surface area (Å²) in [6, 6.07) is 6.44. The van der Waals surface area contributed by atoms with E-state index in [9.17, 15) is 9.59 Å². The minimum atomic E-state index is -1.07. The van der Waals surface area contributed by atoms with Crippen molar-refractivity contribution in [3.63, 3.8) is 0 Å². The van der Waals surface area contributed by atoms with Crippen molar-refractivity contribution in [2.75, 3.05) is 19.1 Å². The van der Waals surface area contributed by atoms with Gasteiger partial charge in [-0.05, 0) is 24.8 Å². The van der Waals surface area contributed by atoms with Crippen LogP contribution in [0.3, 0.4) is 0 Å². The second kappa shape index (κ2) is 7.19. The molecule has 0 heterocycles. The van der Waals surface area contributed by atoms with E-state index >= 15 is 0 Å². The van der Waals surface area contributed by atoms with Crippen LogP contribution in [0.2, 0.25) is 0 Å². The lowest BCUT2D eigenvalue weighted by molar-refractivity contribution is 0.0672. The minimum absolute atomic E-state index is 0.0540. The molecule has 0 saturated heterocycles. The lowest BCUT2D eigenvalue weighted by Gasteiger charge is -2.27. The first-order valence-corrected chi connectivity index (χ1v) is 7.50. The highest BCUT2D eigenvalue weighted by molar-refractivity contribution is 7.98. The van der Waals surface area contributed by atoms with E-state index in [0.717, 1.165) is 12.2 Å². The molecule has 0 spiro atoms. The summed E-state index contributed by atoms with van der Waals surface area (Å²) in [5, 5.41) is 9.12. The second-order valence-electron chi connectivity index (χ2n) is 4.28. The summed E-state index contributed by atoms with van der Waals surface area (Å²) >= 11 is 1.68. The lowest BCUT2D eigenvalue weighted by atomic mass is 10.1. The van der Waals surface area contributed by atoms with Gasteiger partial charge >= 0.3 is 5.97 Å². The zero-order valence-electron chi connectivity index (χ0n) is 11.4. The van der Waals surface area contributed by atoms with Gasteiger partial charge < -0.3 is 10.0 Å².